The van der Waals surface area contributed by atoms with Gasteiger partial charge in [0.15, 0.2) is 0 Å². The fraction of sp³-hybridized carbons (Fsp3) is 0.250. The molecule has 1 unspecified atom stereocenters. The Morgan fingerprint density at radius 3 is 2.43 bits per heavy atom. The summed E-state index contributed by atoms with van der Waals surface area (Å²) in [5.41, 5.74) is 0.896. The molecular formula is C16H17F2NO2. The second-order valence-electron chi connectivity index (χ2n) is 4.60. The summed E-state index contributed by atoms with van der Waals surface area (Å²) >= 11 is 0. The van der Waals surface area contributed by atoms with E-state index in [1.165, 1.54) is 6.07 Å². The molecule has 0 spiro atoms. The zero-order valence-corrected chi connectivity index (χ0v) is 12.1. The number of halogens is 2. The van der Waals surface area contributed by atoms with Gasteiger partial charge in [-0.25, -0.2) is 8.78 Å². The summed E-state index contributed by atoms with van der Waals surface area (Å²) in [5.74, 6) is 0.306. The molecule has 2 aromatic rings. The molecule has 2 rings (SSSR count). The normalized spacial score (nSPS) is 11.9. The van der Waals surface area contributed by atoms with E-state index in [-0.39, 0.29) is 5.56 Å². The summed E-state index contributed by atoms with van der Waals surface area (Å²) in [4.78, 5) is 0. The predicted molar refractivity (Wildman–Crippen MR) is 77.9 cm³/mol. The predicted octanol–water partition coefficient (Wildman–Crippen LogP) is 4.16. The van der Waals surface area contributed by atoms with Crippen LogP contribution >= 0.6 is 0 Å². The topological polar surface area (TPSA) is 30.5 Å². The Hall–Kier alpha value is -2.30. The Labute approximate surface area is 122 Å². The van der Waals surface area contributed by atoms with E-state index >= 15 is 0 Å². The lowest BCUT2D eigenvalue weighted by Crippen LogP contribution is -2.10. The maximum atomic E-state index is 13.8. The van der Waals surface area contributed by atoms with Crippen LogP contribution in [0.2, 0.25) is 0 Å². The highest BCUT2D eigenvalue weighted by Gasteiger charge is 2.14. The lowest BCUT2D eigenvalue weighted by atomic mass is 10.1. The van der Waals surface area contributed by atoms with Gasteiger partial charge < -0.3 is 14.8 Å². The number of ether oxygens (including phenoxy) is 2. The first-order valence-electron chi connectivity index (χ1n) is 6.48. The van der Waals surface area contributed by atoms with Crippen molar-refractivity contribution in [3.8, 4) is 11.5 Å². The molecule has 1 N–H and O–H groups in total. The number of hydrogen-bond acceptors (Lipinski definition) is 3. The molecular weight excluding hydrogens is 276 g/mol. The summed E-state index contributed by atoms with van der Waals surface area (Å²) in [6.45, 7) is 1.75. The third-order valence-corrected chi connectivity index (χ3v) is 3.20. The molecule has 1 atom stereocenters. The van der Waals surface area contributed by atoms with Crippen LogP contribution in [0.5, 0.6) is 11.5 Å². The molecule has 0 aliphatic carbocycles. The number of nitrogens with one attached hydrogen (secondary N) is 1. The summed E-state index contributed by atoms with van der Waals surface area (Å²) in [6, 6.07) is 8.21. The monoisotopic (exact) mass is 293 g/mol. The third kappa shape index (κ3) is 3.42. The average molecular weight is 293 g/mol. The average Bonchev–Trinajstić information content (AvgIpc) is 2.49. The van der Waals surface area contributed by atoms with Gasteiger partial charge in [0.25, 0.3) is 0 Å². The molecule has 0 aliphatic heterocycles. The largest absolute Gasteiger partial charge is 0.497 e. The van der Waals surface area contributed by atoms with Crippen molar-refractivity contribution < 1.29 is 18.3 Å². The number of benzene rings is 2. The van der Waals surface area contributed by atoms with Crippen LogP contribution < -0.4 is 14.8 Å². The molecule has 21 heavy (non-hydrogen) atoms. The minimum Gasteiger partial charge on any atom is -0.497 e. The first kappa shape index (κ1) is 15.1. The number of anilines is 1. The number of hydrogen-bond donors (Lipinski definition) is 1. The molecule has 112 valence electrons. The van der Waals surface area contributed by atoms with Gasteiger partial charge in [-0.2, -0.15) is 0 Å². The molecule has 0 heterocycles. The van der Waals surface area contributed by atoms with E-state index in [1.54, 1.807) is 39.3 Å². The Kier molecular flexibility index (Phi) is 4.62. The molecule has 0 bridgehead atoms. The zero-order chi connectivity index (χ0) is 15.4. The highest BCUT2D eigenvalue weighted by Crippen LogP contribution is 2.32. The van der Waals surface area contributed by atoms with Gasteiger partial charge >= 0.3 is 0 Å². The molecule has 3 nitrogen and oxygen atoms in total. The lowest BCUT2D eigenvalue weighted by Gasteiger charge is -2.19. The van der Waals surface area contributed by atoms with Crippen molar-refractivity contribution in [3.63, 3.8) is 0 Å². The molecule has 5 heteroatoms. The SMILES string of the molecule is COc1ccc(OC)c(NC(C)c2cc(F)ccc2F)c1. The van der Waals surface area contributed by atoms with Crippen LogP contribution in [0, 0.1) is 11.6 Å². The highest BCUT2D eigenvalue weighted by atomic mass is 19.1. The van der Waals surface area contributed by atoms with E-state index in [4.69, 9.17) is 9.47 Å². The first-order chi connectivity index (χ1) is 10.0. The molecule has 0 amide bonds. The summed E-state index contributed by atoms with van der Waals surface area (Å²) in [6.07, 6.45) is 0. The smallest absolute Gasteiger partial charge is 0.142 e. The van der Waals surface area contributed by atoms with Crippen LogP contribution in [0.3, 0.4) is 0 Å². The van der Waals surface area contributed by atoms with Gasteiger partial charge in [0.1, 0.15) is 23.1 Å². The second kappa shape index (κ2) is 6.43. The van der Waals surface area contributed by atoms with Crippen LogP contribution in [0.25, 0.3) is 0 Å². The molecule has 0 aliphatic rings. The maximum Gasteiger partial charge on any atom is 0.142 e. The van der Waals surface area contributed by atoms with Crippen molar-refractivity contribution in [1.29, 1.82) is 0 Å². The summed E-state index contributed by atoms with van der Waals surface area (Å²) < 4.78 is 37.5. The van der Waals surface area contributed by atoms with Gasteiger partial charge in [-0.3, -0.25) is 0 Å². The van der Waals surface area contributed by atoms with Gasteiger partial charge in [-0.1, -0.05) is 0 Å². The summed E-state index contributed by atoms with van der Waals surface area (Å²) in [5, 5.41) is 3.11. The van der Waals surface area contributed by atoms with E-state index in [1.807, 2.05) is 0 Å². The van der Waals surface area contributed by atoms with Crippen LogP contribution in [0.1, 0.15) is 18.5 Å². The first-order valence-corrected chi connectivity index (χ1v) is 6.48. The van der Waals surface area contributed by atoms with Crippen molar-refractivity contribution in [3.05, 3.63) is 53.6 Å². The third-order valence-electron chi connectivity index (χ3n) is 3.20. The molecule has 2 aromatic carbocycles. The Morgan fingerprint density at radius 1 is 1.00 bits per heavy atom. The second-order valence-corrected chi connectivity index (χ2v) is 4.60. The quantitative estimate of drug-likeness (QED) is 0.898. The van der Waals surface area contributed by atoms with Gasteiger partial charge in [0.2, 0.25) is 0 Å². The van der Waals surface area contributed by atoms with Crippen molar-refractivity contribution >= 4 is 5.69 Å². The minimum atomic E-state index is -0.474. The maximum absolute atomic E-state index is 13.8. The van der Waals surface area contributed by atoms with Gasteiger partial charge in [0, 0.05) is 11.6 Å². The minimum absolute atomic E-state index is 0.250. The van der Waals surface area contributed by atoms with E-state index in [2.05, 4.69) is 5.32 Å². The van der Waals surface area contributed by atoms with Gasteiger partial charge in [-0.05, 0) is 37.3 Å². The summed E-state index contributed by atoms with van der Waals surface area (Å²) in [7, 11) is 3.10. The fourth-order valence-corrected chi connectivity index (χ4v) is 2.08. The lowest BCUT2D eigenvalue weighted by molar-refractivity contribution is 0.404. The van der Waals surface area contributed by atoms with E-state index in [0.29, 0.717) is 17.2 Å². The number of methoxy groups -OCH3 is 2. The Morgan fingerprint density at radius 2 is 1.76 bits per heavy atom. The van der Waals surface area contributed by atoms with Crippen molar-refractivity contribution in [2.24, 2.45) is 0 Å². The van der Waals surface area contributed by atoms with Crippen LogP contribution in [-0.4, -0.2) is 14.2 Å². The van der Waals surface area contributed by atoms with Crippen molar-refractivity contribution in [2.75, 3.05) is 19.5 Å². The van der Waals surface area contributed by atoms with Gasteiger partial charge in [-0.15, -0.1) is 0 Å². The Bertz CT molecular complexity index is 632. The molecule has 0 radical (unpaired) electrons. The van der Waals surface area contributed by atoms with Crippen molar-refractivity contribution in [2.45, 2.75) is 13.0 Å². The molecule has 0 aromatic heterocycles. The highest BCUT2D eigenvalue weighted by molar-refractivity contribution is 5.60. The van der Waals surface area contributed by atoms with E-state index in [0.717, 1.165) is 12.1 Å². The van der Waals surface area contributed by atoms with E-state index < -0.39 is 17.7 Å². The van der Waals surface area contributed by atoms with Crippen LogP contribution in [0.4, 0.5) is 14.5 Å². The van der Waals surface area contributed by atoms with Crippen molar-refractivity contribution in [1.82, 2.24) is 0 Å². The fourth-order valence-electron chi connectivity index (χ4n) is 2.08. The number of rotatable bonds is 5. The molecule has 0 saturated carbocycles. The Balaban J connectivity index is 2.30. The van der Waals surface area contributed by atoms with E-state index in [9.17, 15) is 8.78 Å². The standard InChI is InChI=1S/C16H17F2NO2/c1-10(13-8-11(17)4-6-14(13)18)19-15-9-12(20-2)5-7-16(15)21-3/h4-10,19H,1-3H3. The molecule has 0 fully saturated rings. The van der Waals surface area contributed by atoms with Crippen LogP contribution in [-0.2, 0) is 0 Å². The van der Waals surface area contributed by atoms with Crippen LogP contribution in [0.15, 0.2) is 36.4 Å². The van der Waals surface area contributed by atoms with Gasteiger partial charge in [0.05, 0.1) is 25.9 Å². The molecule has 0 saturated heterocycles. The zero-order valence-electron chi connectivity index (χ0n) is 12.1.